The predicted octanol–water partition coefficient (Wildman–Crippen LogP) is 6.84. The lowest BCUT2D eigenvalue weighted by atomic mass is 10.1. The standard InChI is InChI=1S/C30H31FN4/c1-2-34-20-7-11-27(34)22-28-33-29(24-12-14-26(31)15-13-24)30(25-16-18-32-19-17-25)35(28)21-6-10-23-8-4-3-5-9-23/h3-5,8-9,12-19,22H,2,6-7,10-11,20-21H2,1H3. The number of hydrogen-bond donors (Lipinski definition) is 0. The quantitative estimate of drug-likeness (QED) is 0.285. The average molecular weight is 467 g/mol. The van der Waals surface area contributed by atoms with Gasteiger partial charge in [-0.15, -0.1) is 0 Å². The first-order valence-corrected chi connectivity index (χ1v) is 12.5. The number of pyridine rings is 1. The van der Waals surface area contributed by atoms with Gasteiger partial charge in [0.1, 0.15) is 11.6 Å². The van der Waals surface area contributed by atoms with Crippen molar-refractivity contribution in [3.63, 3.8) is 0 Å². The first kappa shape index (κ1) is 23.0. The Kier molecular flexibility index (Phi) is 7.03. The van der Waals surface area contributed by atoms with E-state index < -0.39 is 0 Å². The summed E-state index contributed by atoms with van der Waals surface area (Å²) in [5.41, 5.74) is 6.59. The molecule has 35 heavy (non-hydrogen) atoms. The second kappa shape index (κ2) is 10.7. The summed E-state index contributed by atoms with van der Waals surface area (Å²) >= 11 is 0. The number of nitrogens with zero attached hydrogens (tertiary/aromatic N) is 4. The third-order valence-corrected chi connectivity index (χ3v) is 6.70. The molecule has 0 atom stereocenters. The summed E-state index contributed by atoms with van der Waals surface area (Å²) in [6, 6.07) is 21.3. The van der Waals surface area contributed by atoms with Crippen LogP contribution in [0.5, 0.6) is 0 Å². The first-order valence-electron chi connectivity index (χ1n) is 12.5. The molecule has 1 aliphatic rings. The Balaban J connectivity index is 1.61. The van der Waals surface area contributed by atoms with Gasteiger partial charge in [0.15, 0.2) is 0 Å². The van der Waals surface area contributed by atoms with Crippen molar-refractivity contribution in [1.29, 1.82) is 0 Å². The zero-order valence-electron chi connectivity index (χ0n) is 20.2. The predicted molar refractivity (Wildman–Crippen MR) is 140 cm³/mol. The summed E-state index contributed by atoms with van der Waals surface area (Å²) < 4.78 is 16.1. The lowest BCUT2D eigenvalue weighted by molar-refractivity contribution is 0.418. The van der Waals surface area contributed by atoms with Crippen LogP contribution in [0.25, 0.3) is 28.6 Å². The van der Waals surface area contributed by atoms with Gasteiger partial charge in [0, 0.05) is 54.9 Å². The van der Waals surface area contributed by atoms with E-state index in [1.54, 1.807) is 0 Å². The molecule has 0 bridgehead atoms. The van der Waals surface area contributed by atoms with E-state index in [0.717, 1.165) is 67.2 Å². The molecule has 178 valence electrons. The van der Waals surface area contributed by atoms with Crippen LogP contribution in [0.2, 0.25) is 0 Å². The van der Waals surface area contributed by atoms with E-state index in [2.05, 4.69) is 57.8 Å². The molecule has 0 saturated carbocycles. The van der Waals surface area contributed by atoms with Gasteiger partial charge in [-0.2, -0.15) is 0 Å². The van der Waals surface area contributed by atoms with E-state index in [0.29, 0.717) is 0 Å². The molecule has 0 N–H and O–H groups in total. The Morgan fingerprint density at radius 3 is 2.46 bits per heavy atom. The highest BCUT2D eigenvalue weighted by Gasteiger charge is 2.22. The van der Waals surface area contributed by atoms with Crippen LogP contribution in [0.3, 0.4) is 0 Å². The molecule has 1 fully saturated rings. The summed E-state index contributed by atoms with van der Waals surface area (Å²) in [5.74, 6) is 0.716. The molecule has 0 spiro atoms. The molecule has 5 rings (SSSR count). The molecular weight excluding hydrogens is 435 g/mol. The van der Waals surface area contributed by atoms with Crippen LogP contribution in [-0.2, 0) is 13.0 Å². The van der Waals surface area contributed by atoms with Crippen molar-refractivity contribution < 1.29 is 4.39 Å². The number of likely N-dealkylation sites (tertiary alicyclic amines) is 1. The van der Waals surface area contributed by atoms with Crippen molar-refractivity contribution in [2.24, 2.45) is 0 Å². The number of imidazole rings is 1. The van der Waals surface area contributed by atoms with Crippen LogP contribution in [0.4, 0.5) is 4.39 Å². The van der Waals surface area contributed by atoms with Gasteiger partial charge in [-0.3, -0.25) is 4.98 Å². The average Bonchev–Trinajstić information content (AvgIpc) is 3.50. The summed E-state index contributed by atoms with van der Waals surface area (Å²) in [6.45, 7) is 5.14. The van der Waals surface area contributed by atoms with Crippen LogP contribution in [-0.4, -0.2) is 32.5 Å². The smallest absolute Gasteiger partial charge is 0.135 e. The van der Waals surface area contributed by atoms with E-state index in [1.807, 2.05) is 36.7 Å². The van der Waals surface area contributed by atoms with Crippen molar-refractivity contribution in [2.75, 3.05) is 13.1 Å². The minimum Gasteiger partial charge on any atom is -0.375 e. The molecular formula is C30H31FN4. The zero-order chi connectivity index (χ0) is 24.0. The summed E-state index contributed by atoms with van der Waals surface area (Å²) in [4.78, 5) is 11.8. The van der Waals surface area contributed by atoms with E-state index in [-0.39, 0.29) is 5.82 Å². The molecule has 1 aliphatic heterocycles. The Labute approximate surface area is 206 Å². The fourth-order valence-electron chi connectivity index (χ4n) is 4.93. The largest absolute Gasteiger partial charge is 0.375 e. The molecule has 0 radical (unpaired) electrons. The zero-order valence-corrected chi connectivity index (χ0v) is 20.2. The molecule has 0 amide bonds. The number of aryl methyl sites for hydroxylation is 1. The van der Waals surface area contributed by atoms with E-state index in [4.69, 9.17) is 4.98 Å². The monoisotopic (exact) mass is 466 g/mol. The maximum atomic E-state index is 13.7. The maximum Gasteiger partial charge on any atom is 0.135 e. The second-order valence-corrected chi connectivity index (χ2v) is 8.97. The van der Waals surface area contributed by atoms with Gasteiger partial charge in [-0.05, 0) is 74.6 Å². The summed E-state index contributed by atoms with van der Waals surface area (Å²) in [5, 5.41) is 0. The third-order valence-electron chi connectivity index (χ3n) is 6.70. The topological polar surface area (TPSA) is 34.0 Å². The van der Waals surface area contributed by atoms with Crippen LogP contribution in [0.1, 0.15) is 37.6 Å². The molecule has 4 nitrogen and oxygen atoms in total. The molecule has 2 aromatic heterocycles. The molecule has 3 heterocycles. The number of halogens is 1. The van der Waals surface area contributed by atoms with Crippen molar-refractivity contribution >= 4 is 6.08 Å². The van der Waals surface area contributed by atoms with Crippen LogP contribution in [0.15, 0.2) is 84.8 Å². The van der Waals surface area contributed by atoms with E-state index in [9.17, 15) is 4.39 Å². The Hall–Kier alpha value is -3.73. The van der Waals surface area contributed by atoms with E-state index >= 15 is 0 Å². The van der Waals surface area contributed by atoms with Gasteiger partial charge in [0.2, 0.25) is 0 Å². The molecule has 1 saturated heterocycles. The lowest BCUT2D eigenvalue weighted by Crippen LogP contribution is -2.16. The van der Waals surface area contributed by atoms with Gasteiger partial charge in [-0.25, -0.2) is 9.37 Å². The molecule has 0 unspecified atom stereocenters. The Morgan fingerprint density at radius 1 is 0.943 bits per heavy atom. The number of benzene rings is 2. The number of rotatable bonds is 8. The van der Waals surface area contributed by atoms with Gasteiger partial charge in [0.05, 0.1) is 11.4 Å². The van der Waals surface area contributed by atoms with Crippen LogP contribution < -0.4 is 0 Å². The first-order chi connectivity index (χ1) is 17.2. The van der Waals surface area contributed by atoms with Crippen molar-refractivity contribution in [1.82, 2.24) is 19.4 Å². The number of allylic oxidation sites excluding steroid dienone is 1. The highest BCUT2D eigenvalue weighted by Crippen LogP contribution is 2.35. The fraction of sp³-hybridized carbons (Fsp3) is 0.267. The SMILES string of the molecule is CCN1CCCC1=Cc1nc(-c2ccc(F)cc2)c(-c2ccncc2)n1CCCc1ccccc1. The Bertz CT molecular complexity index is 1280. The highest BCUT2D eigenvalue weighted by atomic mass is 19.1. The van der Waals surface area contributed by atoms with Crippen molar-refractivity contribution in [2.45, 2.75) is 39.2 Å². The maximum absolute atomic E-state index is 13.7. The minimum atomic E-state index is -0.242. The normalized spacial score (nSPS) is 14.7. The molecule has 0 aliphatic carbocycles. The molecule has 4 aromatic rings. The van der Waals surface area contributed by atoms with Crippen molar-refractivity contribution in [3.8, 4) is 22.5 Å². The third kappa shape index (κ3) is 5.19. The molecule has 5 heteroatoms. The minimum absolute atomic E-state index is 0.242. The highest BCUT2D eigenvalue weighted by molar-refractivity contribution is 5.80. The fourth-order valence-corrected chi connectivity index (χ4v) is 4.93. The van der Waals surface area contributed by atoms with Crippen LogP contribution in [0, 0.1) is 5.82 Å². The number of aromatic nitrogens is 3. The summed E-state index contributed by atoms with van der Waals surface area (Å²) in [6.07, 6.45) is 10.1. The van der Waals surface area contributed by atoms with E-state index in [1.165, 1.54) is 29.8 Å². The lowest BCUT2D eigenvalue weighted by Gasteiger charge is -2.18. The number of hydrogen-bond acceptors (Lipinski definition) is 3. The summed E-state index contributed by atoms with van der Waals surface area (Å²) in [7, 11) is 0. The van der Waals surface area contributed by atoms with Gasteiger partial charge < -0.3 is 9.47 Å². The van der Waals surface area contributed by atoms with Crippen molar-refractivity contribution in [3.05, 3.63) is 102 Å². The van der Waals surface area contributed by atoms with Gasteiger partial charge >= 0.3 is 0 Å². The second-order valence-electron chi connectivity index (χ2n) is 8.97. The molecule has 2 aromatic carbocycles. The van der Waals surface area contributed by atoms with Gasteiger partial charge in [-0.1, -0.05) is 30.3 Å². The van der Waals surface area contributed by atoms with Gasteiger partial charge in [0.25, 0.3) is 0 Å². The van der Waals surface area contributed by atoms with Crippen LogP contribution >= 0.6 is 0 Å². The Morgan fingerprint density at radius 2 is 1.71 bits per heavy atom.